The standard InChI is InChI=1S/C16H5Br5/c17-12-7-3-1-2-6-4-5-8-10(9(6)7)11(14(12)19)15(20)16(21)13(8)18/h1-5H. The maximum absolute atomic E-state index is 3.76. The molecule has 0 aliphatic carbocycles. The third kappa shape index (κ3) is 1.94. The van der Waals surface area contributed by atoms with E-state index < -0.39 is 0 Å². The van der Waals surface area contributed by atoms with Crippen molar-refractivity contribution in [3.8, 4) is 0 Å². The fourth-order valence-electron chi connectivity index (χ4n) is 2.87. The molecular formula is C16H5Br5. The Morgan fingerprint density at radius 3 is 1.86 bits per heavy atom. The fraction of sp³-hybridized carbons (Fsp3) is 0. The summed E-state index contributed by atoms with van der Waals surface area (Å²) in [5.74, 6) is 0. The summed E-state index contributed by atoms with van der Waals surface area (Å²) in [6, 6.07) is 10.8. The second-order valence-electron chi connectivity index (χ2n) is 4.84. The van der Waals surface area contributed by atoms with Crippen molar-refractivity contribution >= 4 is 112 Å². The van der Waals surface area contributed by atoms with Gasteiger partial charge >= 0.3 is 0 Å². The largest absolute Gasteiger partial charge is 0.0610 e. The molecular weight excluding hydrogens is 592 g/mol. The Hall–Kier alpha value is 0.320. The lowest BCUT2D eigenvalue weighted by atomic mass is 9.94. The molecule has 4 aromatic carbocycles. The minimum absolute atomic E-state index is 1.03. The maximum Gasteiger partial charge on any atom is 0.0472 e. The van der Waals surface area contributed by atoms with Crippen molar-refractivity contribution in [1.82, 2.24) is 0 Å². The molecule has 4 rings (SSSR count). The molecule has 0 unspecified atom stereocenters. The van der Waals surface area contributed by atoms with Gasteiger partial charge in [-0.2, -0.15) is 0 Å². The molecule has 4 aromatic rings. The van der Waals surface area contributed by atoms with E-state index >= 15 is 0 Å². The first-order valence-corrected chi connectivity index (χ1v) is 10.1. The molecule has 0 nitrogen and oxygen atoms in total. The van der Waals surface area contributed by atoms with Gasteiger partial charge in [0.05, 0.1) is 0 Å². The van der Waals surface area contributed by atoms with E-state index in [0.717, 1.165) is 22.4 Å². The third-order valence-electron chi connectivity index (χ3n) is 3.79. The minimum Gasteiger partial charge on any atom is -0.0610 e. The van der Waals surface area contributed by atoms with Crippen LogP contribution in [0.15, 0.2) is 52.7 Å². The van der Waals surface area contributed by atoms with Crippen LogP contribution in [0.2, 0.25) is 0 Å². The van der Waals surface area contributed by atoms with Gasteiger partial charge in [0.15, 0.2) is 0 Å². The molecule has 0 saturated heterocycles. The lowest BCUT2D eigenvalue weighted by Crippen LogP contribution is -1.90. The minimum atomic E-state index is 1.03. The number of hydrogen-bond donors (Lipinski definition) is 0. The lowest BCUT2D eigenvalue weighted by molar-refractivity contribution is 1.61. The summed E-state index contributed by atoms with van der Waals surface area (Å²) in [4.78, 5) is 0. The molecule has 0 aromatic heterocycles. The Labute approximate surface area is 163 Å². The van der Waals surface area contributed by atoms with Crippen LogP contribution in [-0.4, -0.2) is 0 Å². The van der Waals surface area contributed by atoms with Gasteiger partial charge in [-0.3, -0.25) is 0 Å². The van der Waals surface area contributed by atoms with E-state index in [1.807, 2.05) is 0 Å². The van der Waals surface area contributed by atoms with Gasteiger partial charge < -0.3 is 0 Å². The maximum atomic E-state index is 3.76. The summed E-state index contributed by atoms with van der Waals surface area (Å²) in [7, 11) is 0. The van der Waals surface area contributed by atoms with Gasteiger partial charge in [0, 0.05) is 33.1 Å². The number of hydrogen-bond acceptors (Lipinski definition) is 0. The molecule has 0 spiro atoms. The smallest absolute Gasteiger partial charge is 0.0472 e. The van der Waals surface area contributed by atoms with Crippen molar-refractivity contribution in [3.05, 3.63) is 52.7 Å². The van der Waals surface area contributed by atoms with Gasteiger partial charge in [0.2, 0.25) is 0 Å². The highest BCUT2D eigenvalue weighted by atomic mass is 79.9. The molecule has 0 aliphatic heterocycles. The zero-order valence-electron chi connectivity index (χ0n) is 10.3. The van der Waals surface area contributed by atoms with Crippen molar-refractivity contribution in [2.24, 2.45) is 0 Å². The Kier molecular flexibility index (Phi) is 3.66. The van der Waals surface area contributed by atoms with Gasteiger partial charge in [-0.05, 0) is 101 Å². The normalized spacial score (nSPS) is 12.0. The van der Waals surface area contributed by atoms with Crippen LogP contribution in [0.25, 0.3) is 32.3 Å². The predicted octanol–water partition coefficient (Wildman–Crippen LogP) is 8.40. The first kappa shape index (κ1) is 14.9. The highest BCUT2D eigenvalue weighted by Crippen LogP contribution is 2.50. The van der Waals surface area contributed by atoms with Gasteiger partial charge in [-0.1, -0.05) is 30.3 Å². The van der Waals surface area contributed by atoms with Crippen LogP contribution in [0.1, 0.15) is 0 Å². The van der Waals surface area contributed by atoms with Crippen LogP contribution in [0.5, 0.6) is 0 Å². The first-order valence-electron chi connectivity index (χ1n) is 6.10. The SMILES string of the molecule is Brc1c(Br)c2ccc3cccc4c(Br)c(Br)c(c1Br)c2c34. The summed E-state index contributed by atoms with van der Waals surface area (Å²) in [5, 5.41) is 7.40. The van der Waals surface area contributed by atoms with Crippen LogP contribution in [0.3, 0.4) is 0 Å². The molecule has 5 heteroatoms. The average Bonchev–Trinajstić information content (AvgIpc) is 2.50. The monoisotopic (exact) mass is 592 g/mol. The average molecular weight is 597 g/mol. The summed E-state index contributed by atoms with van der Waals surface area (Å²) in [5.41, 5.74) is 0. The van der Waals surface area contributed by atoms with Crippen molar-refractivity contribution in [3.63, 3.8) is 0 Å². The molecule has 0 heterocycles. The Morgan fingerprint density at radius 2 is 1.10 bits per heavy atom. The summed E-state index contributed by atoms with van der Waals surface area (Å²) < 4.78 is 5.30. The van der Waals surface area contributed by atoms with E-state index in [1.165, 1.54) is 32.3 Å². The highest BCUT2D eigenvalue weighted by Gasteiger charge is 2.21. The van der Waals surface area contributed by atoms with Crippen LogP contribution >= 0.6 is 79.6 Å². The quantitative estimate of drug-likeness (QED) is 0.141. The topological polar surface area (TPSA) is 0 Å². The summed E-state index contributed by atoms with van der Waals surface area (Å²) in [6.45, 7) is 0. The molecule has 104 valence electrons. The van der Waals surface area contributed by atoms with Gasteiger partial charge in [0.25, 0.3) is 0 Å². The van der Waals surface area contributed by atoms with E-state index in [2.05, 4.69) is 110 Å². The molecule has 0 bridgehead atoms. The highest BCUT2D eigenvalue weighted by molar-refractivity contribution is 9.14. The molecule has 0 aliphatic rings. The van der Waals surface area contributed by atoms with Crippen LogP contribution in [0, 0.1) is 0 Å². The molecule has 0 N–H and O–H groups in total. The van der Waals surface area contributed by atoms with Crippen molar-refractivity contribution in [1.29, 1.82) is 0 Å². The van der Waals surface area contributed by atoms with Crippen molar-refractivity contribution < 1.29 is 0 Å². The third-order valence-corrected chi connectivity index (χ3v) is 9.41. The lowest BCUT2D eigenvalue weighted by Gasteiger charge is -2.17. The number of benzene rings is 4. The van der Waals surface area contributed by atoms with E-state index in [1.54, 1.807) is 0 Å². The second-order valence-corrected chi connectivity index (χ2v) is 8.80. The summed E-state index contributed by atoms with van der Waals surface area (Å²) >= 11 is 18.6. The van der Waals surface area contributed by atoms with E-state index in [9.17, 15) is 0 Å². The number of rotatable bonds is 0. The van der Waals surface area contributed by atoms with E-state index in [-0.39, 0.29) is 0 Å². The Balaban J connectivity index is 2.53. The van der Waals surface area contributed by atoms with Crippen molar-refractivity contribution in [2.75, 3.05) is 0 Å². The molecule has 0 radical (unpaired) electrons. The van der Waals surface area contributed by atoms with Crippen LogP contribution < -0.4 is 0 Å². The fourth-order valence-corrected chi connectivity index (χ4v) is 6.08. The van der Waals surface area contributed by atoms with Gasteiger partial charge in [-0.15, -0.1) is 0 Å². The number of halogens is 5. The molecule has 0 saturated carbocycles. The van der Waals surface area contributed by atoms with Gasteiger partial charge in [0.1, 0.15) is 0 Å². The molecule has 21 heavy (non-hydrogen) atoms. The molecule has 0 fully saturated rings. The molecule has 0 atom stereocenters. The predicted molar refractivity (Wildman–Crippen MR) is 109 cm³/mol. The van der Waals surface area contributed by atoms with Gasteiger partial charge in [-0.25, -0.2) is 0 Å². The summed E-state index contributed by atoms with van der Waals surface area (Å²) in [6.07, 6.45) is 0. The first-order chi connectivity index (χ1) is 10.0. The van der Waals surface area contributed by atoms with E-state index in [4.69, 9.17) is 0 Å². The van der Waals surface area contributed by atoms with Crippen LogP contribution in [0.4, 0.5) is 0 Å². The van der Waals surface area contributed by atoms with E-state index in [0.29, 0.717) is 0 Å². The second kappa shape index (κ2) is 5.17. The zero-order valence-corrected chi connectivity index (χ0v) is 18.2. The Morgan fingerprint density at radius 1 is 0.476 bits per heavy atom. The molecule has 0 amide bonds. The Bertz CT molecular complexity index is 1040. The van der Waals surface area contributed by atoms with Crippen molar-refractivity contribution in [2.45, 2.75) is 0 Å². The zero-order chi connectivity index (χ0) is 14.9. The van der Waals surface area contributed by atoms with Crippen LogP contribution in [-0.2, 0) is 0 Å².